The fourth-order valence-electron chi connectivity index (χ4n) is 3.27. The first-order valence-electron chi connectivity index (χ1n) is 8.28. The summed E-state index contributed by atoms with van der Waals surface area (Å²) >= 11 is 0. The van der Waals surface area contributed by atoms with E-state index in [4.69, 9.17) is 14.6 Å². The summed E-state index contributed by atoms with van der Waals surface area (Å²) in [4.78, 5) is 25.5. The summed E-state index contributed by atoms with van der Waals surface area (Å²) in [6.45, 7) is 0.681. The van der Waals surface area contributed by atoms with Gasteiger partial charge in [-0.2, -0.15) is 0 Å². The maximum Gasteiger partial charge on any atom is 0.303 e. The van der Waals surface area contributed by atoms with Crippen molar-refractivity contribution in [1.82, 2.24) is 4.90 Å². The number of aliphatic carboxylic acids is 1. The largest absolute Gasteiger partial charge is 0.496 e. The van der Waals surface area contributed by atoms with Gasteiger partial charge in [0.25, 0.3) is 0 Å². The number of nitrogens with zero attached hydrogens (tertiary/aromatic N) is 1. The number of carboxylic acid groups (broad SMARTS) is 1. The standard InChI is InChI=1S/C18H25NO5/c1-23-15-7-5-8-16(24-2)14(15)12-17(20)19-11-4-3-6-13(19)9-10-18(21)22/h5,7-8,13H,3-4,6,9-12H2,1-2H3,(H,21,22). The molecule has 1 amide bonds. The minimum absolute atomic E-state index is 0.00283. The van der Waals surface area contributed by atoms with Crippen LogP contribution in [0.2, 0.25) is 0 Å². The Morgan fingerprint density at radius 2 is 1.88 bits per heavy atom. The molecule has 1 aliphatic heterocycles. The minimum atomic E-state index is -0.820. The summed E-state index contributed by atoms with van der Waals surface area (Å²) in [5.74, 6) is 0.427. The molecule has 0 aliphatic carbocycles. The molecule has 132 valence electrons. The molecule has 1 saturated heterocycles. The second-order valence-electron chi connectivity index (χ2n) is 5.99. The third kappa shape index (κ3) is 4.40. The van der Waals surface area contributed by atoms with Crippen molar-refractivity contribution in [3.8, 4) is 11.5 Å². The van der Waals surface area contributed by atoms with Crippen LogP contribution in [-0.2, 0) is 16.0 Å². The van der Waals surface area contributed by atoms with Crippen LogP contribution < -0.4 is 9.47 Å². The van der Waals surface area contributed by atoms with Crippen LogP contribution in [0.3, 0.4) is 0 Å². The lowest BCUT2D eigenvalue weighted by molar-refractivity contribution is -0.139. The molecule has 0 aromatic heterocycles. The Hall–Kier alpha value is -2.24. The third-order valence-electron chi connectivity index (χ3n) is 4.50. The van der Waals surface area contributed by atoms with E-state index in [2.05, 4.69) is 0 Å². The number of amides is 1. The number of hydrogen-bond donors (Lipinski definition) is 1. The summed E-state index contributed by atoms with van der Waals surface area (Å²) in [5, 5.41) is 8.90. The molecule has 1 heterocycles. The highest BCUT2D eigenvalue weighted by Crippen LogP contribution is 2.30. The zero-order chi connectivity index (χ0) is 17.5. The first-order chi connectivity index (χ1) is 11.6. The second-order valence-corrected chi connectivity index (χ2v) is 5.99. The lowest BCUT2D eigenvalue weighted by atomic mass is 9.96. The van der Waals surface area contributed by atoms with Crippen molar-refractivity contribution < 1.29 is 24.2 Å². The highest BCUT2D eigenvalue weighted by molar-refractivity contribution is 5.81. The molecule has 0 radical (unpaired) electrons. The summed E-state index contributed by atoms with van der Waals surface area (Å²) in [5.41, 5.74) is 0.732. The molecule has 1 N–H and O–H groups in total. The van der Waals surface area contributed by atoms with Gasteiger partial charge in [0.2, 0.25) is 5.91 Å². The molecule has 1 aromatic rings. The van der Waals surface area contributed by atoms with Crippen molar-refractivity contribution in [3.63, 3.8) is 0 Å². The van der Waals surface area contributed by atoms with E-state index in [1.54, 1.807) is 14.2 Å². The summed E-state index contributed by atoms with van der Waals surface area (Å²) in [6.07, 6.45) is 3.64. The second kappa shape index (κ2) is 8.57. The van der Waals surface area contributed by atoms with Crippen LogP contribution in [0.1, 0.15) is 37.7 Å². The zero-order valence-corrected chi connectivity index (χ0v) is 14.3. The third-order valence-corrected chi connectivity index (χ3v) is 4.50. The van der Waals surface area contributed by atoms with Crippen LogP contribution in [0.4, 0.5) is 0 Å². The van der Waals surface area contributed by atoms with E-state index >= 15 is 0 Å². The van der Waals surface area contributed by atoms with Gasteiger partial charge in [-0.25, -0.2) is 0 Å². The Morgan fingerprint density at radius 3 is 2.46 bits per heavy atom. The predicted octanol–water partition coefficient (Wildman–Crippen LogP) is 2.49. The van der Waals surface area contributed by atoms with E-state index in [9.17, 15) is 9.59 Å². The quantitative estimate of drug-likeness (QED) is 0.828. The monoisotopic (exact) mass is 335 g/mol. The van der Waals surface area contributed by atoms with Gasteiger partial charge < -0.3 is 19.5 Å². The molecule has 1 atom stereocenters. The van der Waals surface area contributed by atoms with Gasteiger partial charge in [0, 0.05) is 24.6 Å². The highest BCUT2D eigenvalue weighted by Gasteiger charge is 2.28. The number of benzene rings is 1. The van der Waals surface area contributed by atoms with Crippen LogP contribution in [0.15, 0.2) is 18.2 Å². The molecule has 1 fully saturated rings. The van der Waals surface area contributed by atoms with E-state index < -0.39 is 5.97 Å². The van der Waals surface area contributed by atoms with Gasteiger partial charge in [-0.3, -0.25) is 9.59 Å². The average Bonchev–Trinajstić information content (AvgIpc) is 2.60. The van der Waals surface area contributed by atoms with Gasteiger partial charge >= 0.3 is 5.97 Å². The Bertz CT molecular complexity index is 565. The van der Waals surface area contributed by atoms with Crippen molar-refractivity contribution in [2.24, 2.45) is 0 Å². The normalized spacial score (nSPS) is 17.4. The molecule has 6 nitrogen and oxygen atoms in total. The Balaban J connectivity index is 2.14. The number of carboxylic acids is 1. The molecule has 0 spiro atoms. The molecular weight excluding hydrogens is 310 g/mol. The zero-order valence-electron chi connectivity index (χ0n) is 14.3. The first kappa shape index (κ1) is 18.1. The average molecular weight is 335 g/mol. The Morgan fingerprint density at radius 1 is 1.21 bits per heavy atom. The molecule has 1 aliphatic rings. The van der Waals surface area contributed by atoms with E-state index in [0.29, 0.717) is 24.5 Å². The molecule has 2 rings (SSSR count). The molecule has 1 unspecified atom stereocenters. The van der Waals surface area contributed by atoms with E-state index in [1.807, 2.05) is 23.1 Å². The number of carbonyl (C=O) groups is 2. The van der Waals surface area contributed by atoms with Gasteiger partial charge in [-0.1, -0.05) is 6.07 Å². The number of ether oxygens (including phenoxy) is 2. The molecular formula is C18H25NO5. The SMILES string of the molecule is COc1cccc(OC)c1CC(=O)N1CCCCC1CCC(=O)O. The summed E-state index contributed by atoms with van der Waals surface area (Å²) < 4.78 is 10.7. The number of rotatable bonds is 7. The van der Waals surface area contributed by atoms with Gasteiger partial charge in [-0.05, 0) is 37.8 Å². The molecule has 0 bridgehead atoms. The molecule has 24 heavy (non-hydrogen) atoms. The predicted molar refractivity (Wildman–Crippen MR) is 89.5 cm³/mol. The molecule has 0 saturated carbocycles. The molecule has 6 heteroatoms. The fourth-order valence-corrected chi connectivity index (χ4v) is 3.27. The van der Waals surface area contributed by atoms with Gasteiger partial charge in [0.1, 0.15) is 11.5 Å². The summed E-state index contributed by atoms with van der Waals surface area (Å²) in [7, 11) is 3.14. The van der Waals surface area contributed by atoms with Crippen molar-refractivity contribution in [2.75, 3.05) is 20.8 Å². The lowest BCUT2D eigenvalue weighted by Gasteiger charge is -2.36. The van der Waals surface area contributed by atoms with Crippen LogP contribution in [0.5, 0.6) is 11.5 Å². The van der Waals surface area contributed by atoms with E-state index in [0.717, 1.165) is 24.8 Å². The topological polar surface area (TPSA) is 76.1 Å². The summed E-state index contributed by atoms with van der Waals surface area (Å²) in [6, 6.07) is 5.44. The number of methoxy groups -OCH3 is 2. The van der Waals surface area contributed by atoms with Crippen LogP contribution in [-0.4, -0.2) is 48.7 Å². The smallest absolute Gasteiger partial charge is 0.303 e. The number of carbonyl (C=O) groups excluding carboxylic acids is 1. The van der Waals surface area contributed by atoms with Crippen LogP contribution >= 0.6 is 0 Å². The highest BCUT2D eigenvalue weighted by atomic mass is 16.5. The Labute approximate surface area is 142 Å². The first-order valence-corrected chi connectivity index (χ1v) is 8.28. The minimum Gasteiger partial charge on any atom is -0.496 e. The van der Waals surface area contributed by atoms with Crippen molar-refractivity contribution in [1.29, 1.82) is 0 Å². The maximum atomic E-state index is 12.8. The maximum absolute atomic E-state index is 12.8. The van der Waals surface area contributed by atoms with Crippen molar-refractivity contribution in [3.05, 3.63) is 23.8 Å². The molecule has 1 aromatic carbocycles. The van der Waals surface area contributed by atoms with Gasteiger partial charge in [0.05, 0.1) is 20.6 Å². The number of hydrogen-bond acceptors (Lipinski definition) is 4. The number of likely N-dealkylation sites (tertiary alicyclic amines) is 1. The van der Waals surface area contributed by atoms with E-state index in [-0.39, 0.29) is 24.8 Å². The Kier molecular flexibility index (Phi) is 6.46. The fraction of sp³-hybridized carbons (Fsp3) is 0.556. The lowest BCUT2D eigenvalue weighted by Crippen LogP contribution is -2.44. The van der Waals surface area contributed by atoms with Crippen LogP contribution in [0, 0.1) is 0 Å². The van der Waals surface area contributed by atoms with Crippen molar-refractivity contribution in [2.45, 2.75) is 44.6 Å². The van der Waals surface area contributed by atoms with Crippen molar-refractivity contribution >= 4 is 11.9 Å². The van der Waals surface area contributed by atoms with Gasteiger partial charge in [-0.15, -0.1) is 0 Å². The number of piperidine rings is 1. The van der Waals surface area contributed by atoms with Gasteiger partial charge in [0.15, 0.2) is 0 Å². The van der Waals surface area contributed by atoms with Crippen LogP contribution in [0.25, 0.3) is 0 Å². The van der Waals surface area contributed by atoms with E-state index in [1.165, 1.54) is 0 Å².